The number of carbonyl (C=O) groups is 1. The first-order valence-electron chi connectivity index (χ1n) is 9.07. The van der Waals surface area contributed by atoms with Crippen molar-refractivity contribution in [2.45, 2.75) is 25.7 Å². The highest BCUT2D eigenvalue weighted by Crippen LogP contribution is 2.40. The summed E-state index contributed by atoms with van der Waals surface area (Å²) in [6.07, 6.45) is 2.87. The summed E-state index contributed by atoms with van der Waals surface area (Å²) < 4.78 is 16.7. The van der Waals surface area contributed by atoms with E-state index in [0.29, 0.717) is 26.2 Å². The second-order valence-corrected chi connectivity index (χ2v) is 6.64. The fourth-order valence-corrected chi connectivity index (χ4v) is 3.63. The van der Waals surface area contributed by atoms with Crippen LogP contribution in [0.1, 0.15) is 22.3 Å². The fourth-order valence-electron chi connectivity index (χ4n) is 3.63. The van der Waals surface area contributed by atoms with E-state index in [0.717, 1.165) is 53.2 Å². The number of nitrogens with one attached hydrogen (secondary N) is 1. The van der Waals surface area contributed by atoms with Gasteiger partial charge in [0.15, 0.2) is 0 Å². The molecule has 2 aromatic carbocycles. The second kappa shape index (κ2) is 7.28. The number of hydrogen-bond acceptors (Lipinski definition) is 4. The van der Waals surface area contributed by atoms with Gasteiger partial charge in [0.25, 0.3) is 0 Å². The average molecular weight is 353 g/mol. The van der Waals surface area contributed by atoms with Crippen molar-refractivity contribution >= 4 is 5.91 Å². The molecule has 2 aliphatic rings. The topological polar surface area (TPSA) is 56.8 Å². The molecule has 2 aromatic rings. The van der Waals surface area contributed by atoms with E-state index in [1.165, 1.54) is 5.56 Å². The lowest BCUT2D eigenvalue weighted by molar-refractivity contribution is -0.120. The quantitative estimate of drug-likeness (QED) is 0.867. The van der Waals surface area contributed by atoms with Crippen LogP contribution in [0, 0.1) is 0 Å². The van der Waals surface area contributed by atoms with Crippen LogP contribution in [-0.2, 0) is 30.5 Å². The molecule has 0 radical (unpaired) electrons. The smallest absolute Gasteiger partial charge is 0.224 e. The summed E-state index contributed by atoms with van der Waals surface area (Å²) in [5.74, 6) is 2.69. The van der Waals surface area contributed by atoms with Crippen molar-refractivity contribution in [3.63, 3.8) is 0 Å². The van der Waals surface area contributed by atoms with Crippen molar-refractivity contribution in [3.05, 3.63) is 52.6 Å². The first-order chi connectivity index (χ1) is 12.7. The van der Waals surface area contributed by atoms with Gasteiger partial charge in [-0.2, -0.15) is 0 Å². The summed E-state index contributed by atoms with van der Waals surface area (Å²) in [4.78, 5) is 12.5. The first kappa shape index (κ1) is 16.8. The van der Waals surface area contributed by atoms with Crippen molar-refractivity contribution in [2.75, 3.05) is 26.9 Å². The Kier molecular flexibility index (Phi) is 4.69. The van der Waals surface area contributed by atoms with Gasteiger partial charge >= 0.3 is 0 Å². The van der Waals surface area contributed by atoms with E-state index in [1.54, 1.807) is 7.11 Å². The van der Waals surface area contributed by atoms with Crippen LogP contribution in [0.4, 0.5) is 0 Å². The van der Waals surface area contributed by atoms with Crippen LogP contribution >= 0.6 is 0 Å². The minimum atomic E-state index is 0.0245. The summed E-state index contributed by atoms with van der Waals surface area (Å²) in [7, 11) is 1.65. The lowest BCUT2D eigenvalue weighted by Crippen LogP contribution is -2.27. The van der Waals surface area contributed by atoms with Crippen molar-refractivity contribution in [2.24, 2.45) is 0 Å². The van der Waals surface area contributed by atoms with Crippen LogP contribution in [0.25, 0.3) is 0 Å². The maximum atomic E-state index is 12.5. The monoisotopic (exact) mass is 353 g/mol. The van der Waals surface area contributed by atoms with E-state index in [4.69, 9.17) is 14.2 Å². The molecular weight excluding hydrogens is 330 g/mol. The Bertz CT molecular complexity index is 782. The van der Waals surface area contributed by atoms with E-state index in [2.05, 4.69) is 11.4 Å². The molecule has 1 N–H and O–H groups in total. The average Bonchev–Trinajstić information content (AvgIpc) is 3.31. The molecule has 5 heteroatoms. The number of carbonyl (C=O) groups excluding carboxylic acids is 1. The zero-order valence-corrected chi connectivity index (χ0v) is 15.0. The third-order valence-corrected chi connectivity index (χ3v) is 4.99. The summed E-state index contributed by atoms with van der Waals surface area (Å²) >= 11 is 0. The molecule has 0 fully saturated rings. The van der Waals surface area contributed by atoms with Crippen molar-refractivity contribution in [1.82, 2.24) is 5.32 Å². The molecule has 0 saturated heterocycles. The second-order valence-electron chi connectivity index (χ2n) is 6.64. The number of hydrogen-bond donors (Lipinski definition) is 1. The van der Waals surface area contributed by atoms with Gasteiger partial charge in [-0.15, -0.1) is 0 Å². The van der Waals surface area contributed by atoms with Crippen LogP contribution in [0.15, 0.2) is 30.3 Å². The maximum Gasteiger partial charge on any atom is 0.224 e. The Labute approximate surface area is 153 Å². The number of amides is 1. The highest BCUT2D eigenvalue weighted by atomic mass is 16.5. The summed E-state index contributed by atoms with van der Waals surface area (Å²) in [6.45, 7) is 1.98. The van der Waals surface area contributed by atoms with E-state index in [-0.39, 0.29) is 5.91 Å². The number of ether oxygens (including phenoxy) is 3. The first-order valence-corrected chi connectivity index (χ1v) is 9.07. The molecule has 5 nitrogen and oxygen atoms in total. The van der Waals surface area contributed by atoms with Crippen molar-refractivity contribution in [1.29, 1.82) is 0 Å². The van der Waals surface area contributed by atoms with E-state index in [1.807, 2.05) is 24.3 Å². The molecular formula is C21H23NO4. The van der Waals surface area contributed by atoms with Gasteiger partial charge in [-0.25, -0.2) is 0 Å². The molecule has 0 saturated carbocycles. The maximum absolute atomic E-state index is 12.5. The molecule has 0 bridgehead atoms. The van der Waals surface area contributed by atoms with Crippen LogP contribution in [0.3, 0.4) is 0 Å². The fraction of sp³-hybridized carbons (Fsp3) is 0.381. The number of fused-ring (bicyclic) bond motifs is 2. The van der Waals surface area contributed by atoms with Gasteiger partial charge < -0.3 is 19.5 Å². The third kappa shape index (κ3) is 3.34. The predicted molar refractivity (Wildman–Crippen MR) is 98.3 cm³/mol. The lowest BCUT2D eigenvalue weighted by Gasteiger charge is -2.13. The summed E-state index contributed by atoms with van der Waals surface area (Å²) in [5, 5.41) is 3.02. The van der Waals surface area contributed by atoms with Gasteiger partial charge in [-0.3, -0.25) is 4.79 Å². The summed E-state index contributed by atoms with van der Waals surface area (Å²) in [5.41, 5.74) is 4.47. The van der Waals surface area contributed by atoms with E-state index in [9.17, 15) is 4.79 Å². The van der Waals surface area contributed by atoms with Gasteiger partial charge in [0, 0.05) is 36.1 Å². The minimum Gasteiger partial charge on any atom is -0.497 e. The predicted octanol–water partition coefficient (Wildman–Crippen LogP) is 2.47. The van der Waals surface area contributed by atoms with E-state index < -0.39 is 0 Å². The zero-order valence-electron chi connectivity index (χ0n) is 15.0. The van der Waals surface area contributed by atoms with Gasteiger partial charge in [-0.05, 0) is 30.2 Å². The Morgan fingerprint density at radius 1 is 1.15 bits per heavy atom. The Morgan fingerprint density at radius 2 is 1.96 bits per heavy atom. The van der Waals surface area contributed by atoms with Crippen LogP contribution in [0.5, 0.6) is 17.2 Å². The van der Waals surface area contributed by atoms with Crippen LogP contribution in [0.2, 0.25) is 0 Å². The number of benzene rings is 2. The molecule has 0 atom stereocenters. The van der Waals surface area contributed by atoms with Crippen molar-refractivity contribution < 1.29 is 19.0 Å². The van der Waals surface area contributed by atoms with Gasteiger partial charge in [0.05, 0.1) is 26.7 Å². The Hall–Kier alpha value is -2.69. The molecule has 0 unspecified atom stereocenters. The molecule has 2 heterocycles. The molecule has 1 amide bonds. The summed E-state index contributed by atoms with van der Waals surface area (Å²) in [6, 6.07) is 9.99. The largest absolute Gasteiger partial charge is 0.497 e. The van der Waals surface area contributed by atoms with Gasteiger partial charge in [0.2, 0.25) is 5.91 Å². The normalized spacial score (nSPS) is 14.2. The molecule has 0 spiro atoms. The van der Waals surface area contributed by atoms with Gasteiger partial charge in [0.1, 0.15) is 17.2 Å². The molecule has 0 aromatic heterocycles. The van der Waals surface area contributed by atoms with Gasteiger partial charge in [-0.1, -0.05) is 12.1 Å². The Morgan fingerprint density at radius 3 is 2.77 bits per heavy atom. The highest BCUT2D eigenvalue weighted by Gasteiger charge is 2.27. The molecule has 0 aliphatic carbocycles. The molecule has 136 valence electrons. The zero-order chi connectivity index (χ0) is 17.9. The van der Waals surface area contributed by atoms with E-state index >= 15 is 0 Å². The molecule has 2 aliphatic heterocycles. The standard InChI is InChI=1S/C21H23NO4/c1-24-16-4-2-14(3-5-16)6-9-22-20(23)13-18-17-8-11-25-19(17)12-15-7-10-26-21(15)18/h2-5,12H,6-11,13H2,1H3,(H,22,23). The molecule has 26 heavy (non-hydrogen) atoms. The third-order valence-electron chi connectivity index (χ3n) is 4.99. The minimum absolute atomic E-state index is 0.0245. The number of methoxy groups -OCH3 is 1. The van der Waals surface area contributed by atoms with Crippen molar-refractivity contribution in [3.8, 4) is 17.2 Å². The molecule has 4 rings (SSSR count). The van der Waals surface area contributed by atoms with Crippen LogP contribution in [-0.4, -0.2) is 32.8 Å². The Balaban J connectivity index is 1.38. The number of rotatable bonds is 6. The SMILES string of the molecule is COc1ccc(CCNC(=O)Cc2c3c(cc4c2OCC4)OCC3)cc1. The van der Waals surface area contributed by atoms with Crippen LogP contribution < -0.4 is 19.5 Å². The lowest BCUT2D eigenvalue weighted by atomic mass is 9.97. The highest BCUT2D eigenvalue weighted by molar-refractivity contribution is 5.80.